The Morgan fingerprint density at radius 2 is 0.630 bits per heavy atom. The fourth-order valence-corrected chi connectivity index (χ4v) is 13.8. The predicted octanol–water partition coefficient (Wildman–Crippen LogP) is 21.3. The molecule has 1 aliphatic rings. The van der Waals surface area contributed by atoms with E-state index in [-0.39, 0.29) is 6.42 Å². The maximum atomic E-state index is 13.3. The molecule has 0 spiro atoms. The van der Waals surface area contributed by atoms with Crippen molar-refractivity contribution in [2.45, 2.75) is 486 Å². The summed E-state index contributed by atoms with van der Waals surface area (Å²) in [6, 6.07) is -1.17. The van der Waals surface area contributed by atoms with E-state index in [2.05, 4.69) is 31.3 Å². The van der Waals surface area contributed by atoms with Crippen LogP contribution in [-0.4, -0.2) is 110 Å². The van der Waals surface area contributed by atoms with Crippen LogP contribution in [0.5, 0.6) is 0 Å². The fourth-order valence-electron chi connectivity index (χ4n) is 13.8. The number of aliphatic hydroxyl groups excluding tert-OH is 7. The summed E-state index contributed by atoms with van der Waals surface area (Å²) in [5.74, 6) is -0.687. The molecule has 0 aliphatic carbocycles. The lowest BCUT2D eigenvalue weighted by molar-refractivity contribution is -0.303. The minimum absolute atomic E-state index is 0.265. The largest absolute Gasteiger partial charge is 0.394 e. The van der Waals surface area contributed by atoms with Gasteiger partial charge in [-0.15, -0.1) is 0 Å². The van der Waals surface area contributed by atoms with E-state index in [0.29, 0.717) is 19.3 Å². The van der Waals surface area contributed by atoms with Gasteiger partial charge in [-0.1, -0.05) is 405 Å². The molecule has 1 heterocycles. The highest BCUT2D eigenvalue weighted by Crippen LogP contribution is 2.25. The first kappa shape index (κ1) is 88.9. The normalized spacial score (nSPS) is 18.3. The van der Waals surface area contributed by atoms with Crippen molar-refractivity contribution in [2.24, 2.45) is 0 Å². The van der Waals surface area contributed by atoms with Crippen LogP contribution in [0.4, 0.5) is 0 Å². The van der Waals surface area contributed by atoms with Crippen molar-refractivity contribution in [2.75, 3.05) is 13.2 Å². The van der Waals surface area contributed by atoms with Gasteiger partial charge in [0.1, 0.15) is 36.6 Å². The molecule has 11 nitrogen and oxygen atoms in total. The Morgan fingerprint density at radius 3 is 0.913 bits per heavy atom. The van der Waals surface area contributed by atoms with Crippen molar-refractivity contribution in [3.8, 4) is 0 Å². The Hall–Kier alpha value is -1.15. The molecule has 0 aromatic carbocycles. The third kappa shape index (κ3) is 55.8. The average molecular weight is 1310 g/mol. The summed E-state index contributed by atoms with van der Waals surface area (Å²) in [6.45, 7) is 3.54. The number of hydrogen-bond donors (Lipinski definition) is 8. The first-order valence-corrected chi connectivity index (χ1v) is 41.1. The molecule has 11 heteroatoms. The lowest BCUT2D eigenvalue weighted by atomic mass is 9.98. The van der Waals surface area contributed by atoms with Crippen LogP contribution in [-0.2, 0) is 14.3 Å². The molecule has 0 bridgehead atoms. The van der Waals surface area contributed by atoms with Gasteiger partial charge in [0, 0.05) is 0 Å². The van der Waals surface area contributed by atoms with Crippen molar-refractivity contribution < 1.29 is 50.0 Å². The Bertz CT molecular complexity index is 1500. The van der Waals surface area contributed by atoms with Gasteiger partial charge in [0.05, 0.1) is 25.4 Å². The van der Waals surface area contributed by atoms with Crippen LogP contribution in [0.2, 0.25) is 0 Å². The van der Waals surface area contributed by atoms with Gasteiger partial charge >= 0.3 is 0 Å². The topological polar surface area (TPSA) is 189 Å². The molecule has 9 unspecified atom stereocenters. The summed E-state index contributed by atoms with van der Waals surface area (Å²) in [7, 11) is 0. The fraction of sp³-hybridized carbons (Fsp3) is 0.963. The van der Waals surface area contributed by atoms with Crippen LogP contribution >= 0.6 is 0 Å². The van der Waals surface area contributed by atoms with Crippen LogP contribution in [0, 0.1) is 0 Å². The van der Waals surface area contributed by atoms with Crippen LogP contribution in [0.15, 0.2) is 12.2 Å². The third-order valence-electron chi connectivity index (χ3n) is 20.3. The Kier molecular flexibility index (Phi) is 67.4. The molecule has 1 amide bonds. The standard InChI is InChI=1S/C81H159NO10/c1-3-5-7-9-11-13-15-17-19-21-23-25-27-29-31-32-33-34-35-36-37-38-39-40-41-43-45-47-49-51-53-55-57-59-61-63-65-67-69-74(85)80(90)82-72(71-91-81-79(89)78(88)77(87)75(70-83)92-81)76(86)73(84)68-66-64-62-60-58-56-54-52-50-48-46-44-42-30-28-26-24-22-20-18-16-14-12-10-8-6-4-2/h36-37,72-79,81,83-89H,3-35,38-71H2,1-2H3,(H,82,90)/b37-36-. The highest BCUT2D eigenvalue weighted by Gasteiger charge is 2.44. The first-order chi connectivity index (χ1) is 45.2. The van der Waals surface area contributed by atoms with E-state index in [1.54, 1.807) is 0 Å². The number of aliphatic hydroxyl groups is 7. The third-order valence-corrected chi connectivity index (χ3v) is 20.3. The number of allylic oxidation sites excluding steroid dienone is 2. The molecule has 9 atom stereocenters. The van der Waals surface area contributed by atoms with Gasteiger partial charge in [0.2, 0.25) is 5.91 Å². The summed E-state index contributed by atoms with van der Waals surface area (Å²) in [4.78, 5) is 13.3. The molecule has 0 aromatic rings. The lowest BCUT2D eigenvalue weighted by Crippen LogP contribution is -2.60. The van der Waals surface area contributed by atoms with Gasteiger partial charge in [0.15, 0.2) is 6.29 Å². The number of carbonyl (C=O) groups excluding carboxylic acids is 1. The second kappa shape index (κ2) is 69.7. The molecule has 1 aliphatic heterocycles. The van der Waals surface area contributed by atoms with Gasteiger partial charge in [0.25, 0.3) is 0 Å². The second-order valence-corrected chi connectivity index (χ2v) is 29.2. The second-order valence-electron chi connectivity index (χ2n) is 29.2. The SMILES string of the molecule is CCCCCCCCCCCCCCCCCCCC/C=C\CCCCCCCCCCCCCCCCCCC(O)C(=O)NC(COC1OC(CO)C(O)C(O)C1O)C(O)C(O)CCCCCCCCCCCCCCCCCCCCCCCCCCCCC. The molecular formula is C81H159NO10. The lowest BCUT2D eigenvalue weighted by Gasteiger charge is -2.40. The van der Waals surface area contributed by atoms with Crippen LogP contribution < -0.4 is 5.32 Å². The maximum Gasteiger partial charge on any atom is 0.249 e. The van der Waals surface area contributed by atoms with Gasteiger partial charge in [-0.3, -0.25) is 4.79 Å². The molecule has 0 saturated carbocycles. The zero-order valence-corrected chi connectivity index (χ0v) is 61.1. The average Bonchev–Trinajstić information content (AvgIpc) is 0.997. The Balaban J connectivity index is 2.10. The summed E-state index contributed by atoms with van der Waals surface area (Å²) < 4.78 is 11.2. The Morgan fingerprint density at radius 1 is 0.370 bits per heavy atom. The molecular weight excluding hydrogens is 1150 g/mol. The smallest absolute Gasteiger partial charge is 0.249 e. The number of unbranched alkanes of at least 4 members (excludes halogenated alkanes) is 60. The van der Waals surface area contributed by atoms with Crippen molar-refractivity contribution in [1.82, 2.24) is 5.32 Å². The summed E-state index contributed by atoms with van der Waals surface area (Å²) >= 11 is 0. The van der Waals surface area contributed by atoms with Crippen molar-refractivity contribution >= 4 is 5.91 Å². The van der Waals surface area contributed by atoms with Crippen molar-refractivity contribution in [3.63, 3.8) is 0 Å². The number of carbonyl (C=O) groups is 1. The van der Waals surface area contributed by atoms with Crippen LogP contribution in [0.25, 0.3) is 0 Å². The van der Waals surface area contributed by atoms with Crippen LogP contribution in [0.1, 0.15) is 431 Å². The minimum Gasteiger partial charge on any atom is -0.394 e. The van der Waals surface area contributed by atoms with Crippen molar-refractivity contribution in [1.29, 1.82) is 0 Å². The van der Waals surface area contributed by atoms with Gasteiger partial charge in [-0.2, -0.15) is 0 Å². The zero-order valence-electron chi connectivity index (χ0n) is 61.1. The summed E-state index contributed by atoms with van der Waals surface area (Å²) in [5.41, 5.74) is 0. The molecule has 8 N–H and O–H groups in total. The first-order valence-electron chi connectivity index (χ1n) is 41.1. The number of nitrogens with one attached hydrogen (secondary N) is 1. The number of ether oxygens (including phenoxy) is 2. The number of hydrogen-bond acceptors (Lipinski definition) is 10. The van der Waals surface area contributed by atoms with E-state index < -0.39 is 74.2 Å². The van der Waals surface area contributed by atoms with E-state index in [1.807, 2.05) is 0 Å². The number of rotatable bonds is 74. The summed E-state index contributed by atoms with van der Waals surface area (Å²) in [5, 5.41) is 76.8. The molecule has 1 saturated heterocycles. The maximum absolute atomic E-state index is 13.3. The predicted molar refractivity (Wildman–Crippen MR) is 390 cm³/mol. The van der Waals surface area contributed by atoms with E-state index in [9.17, 15) is 40.5 Å². The van der Waals surface area contributed by atoms with Crippen molar-refractivity contribution in [3.05, 3.63) is 12.2 Å². The Labute approximate surface area is 570 Å². The zero-order chi connectivity index (χ0) is 66.7. The van der Waals surface area contributed by atoms with E-state index >= 15 is 0 Å². The van der Waals surface area contributed by atoms with E-state index in [0.717, 1.165) is 38.5 Å². The molecule has 1 fully saturated rings. The molecule has 548 valence electrons. The highest BCUT2D eigenvalue weighted by molar-refractivity contribution is 5.80. The van der Waals surface area contributed by atoms with Gasteiger partial charge < -0.3 is 50.5 Å². The quantitative estimate of drug-likeness (QED) is 0.0215. The minimum atomic E-state index is -1.66. The van der Waals surface area contributed by atoms with Gasteiger partial charge in [-0.25, -0.2) is 0 Å². The highest BCUT2D eigenvalue weighted by atomic mass is 16.7. The van der Waals surface area contributed by atoms with E-state index in [4.69, 9.17) is 9.47 Å². The van der Waals surface area contributed by atoms with Gasteiger partial charge in [-0.05, 0) is 38.5 Å². The number of amides is 1. The monoisotopic (exact) mass is 1310 g/mol. The van der Waals surface area contributed by atoms with Crippen LogP contribution in [0.3, 0.4) is 0 Å². The molecule has 0 radical (unpaired) electrons. The summed E-state index contributed by atoms with van der Waals surface area (Å²) in [6.07, 6.45) is 77.7. The van der Waals surface area contributed by atoms with E-state index in [1.165, 1.54) is 353 Å². The molecule has 0 aromatic heterocycles. The molecule has 92 heavy (non-hydrogen) atoms. The molecule has 1 rings (SSSR count).